The topological polar surface area (TPSA) is 53.3 Å². The van der Waals surface area contributed by atoms with Crippen LogP contribution < -0.4 is 4.74 Å². The van der Waals surface area contributed by atoms with Crippen molar-refractivity contribution in [2.45, 2.75) is 13.5 Å². The fourth-order valence-corrected chi connectivity index (χ4v) is 2.30. The van der Waals surface area contributed by atoms with E-state index in [2.05, 4.69) is 0 Å². The van der Waals surface area contributed by atoms with E-state index in [-0.39, 0.29) is 5.91 Å². The van der Waals surface area contributed by atoms with Crippen molar-refractivity contribution in [3.8, 4) is 11.8 Å². The van der Waals surface area contributed by atoms with Crippen LogP contribution in [0.2, 0.25) is 0 Å². The SMILES string of the molecule is COc1ccc(C)cc1CN(C)C(=O)c1cccc(C#N)c1. The zero-order chi connectivity index (χ0) is 16.1. The van der Waals surface area contributed by atoms with Crippen molar-refractivity contribution in [2.75, 3.05) is 14.2 Å². The van der Waals surface area contributed by atoms with Gasteiger partial charge in [0.05, 0.1) is 18.7 Å². The number of amides is 1. The average molecular weight is 294 g/mol. The van der Waals surface area contributed by atoms with Crippen molar-refractivity contribution >= 4 is 5.91 Å². The summed E-state index contributed by atoms with van der Waals surface area (Å²) < 4.78 is 5.34. The smallest absolute Gasteiger partial charge is 0.253 e. The van der Waals surface area contributed by atoms with Crippen LogP contribution >= 0.6 is 0 Å². The molecule has 0 atom stereocenters. The summed E-state index contributed by atoms with van der Waals surface area (Å²) in [5, 5.41) is 8.93. The molecule has 0 aliphatic carbocycles. The van der Waals surface area contributed by atoms with Crippen LogP contribution in [0.15, 0.2) is 42.5 Å². The molecule has 0 aliphatic rings. The molecule has 4 nitrogen and oxygen atoms in total. The lowest BCUT2D eigenvalue weighted by molar-refractivity contribution is 0.0784. The quantitative estimate of drug-likeness (QED) is 0.870. The molecular weight excluding hydrogens is 276 g/mol. The second-order valence-electron chi connectivity index (χ2n) is 5.17. The van der Waals surface area contributed by atoms with Crippen LogP contribution in [0.25, 0.3) is 0 Å². The molecule has 2 aromatic rings. The third-order valence-electron chi connectivity index (χ3n) is 3.43. The minimum atomic E-state index is -0.124. The van der Waals surface area contributed by atoms with Gasteiger partial charge in [0.2, 0.25) is 0 Å². The third-order valence-corrected chi connectivity index (χ3v) is 3.43. The molecule has 0 spiro atoms. The highest BCUT2D eigenvalue weighted by molar-refractivity contribution is 5.94. The number of aryl methyl sites for hydroxylation is 1. The Morgan fingerprint density at radius 3 is 2.73 bits per heavy atom. The Morgan fingerprint density at radius 2 is 2.05 bits per heavy atom. The molecule has 0 aliphatic heterocycles. The van der Waals surface area contributed by atoms with Crippen LogP contribution in [-0.2, 0) is 6.54 Å². The highest BCUT2D eigenvalue weighted by Gasteiger charge is 2.14. The maximum Gasteiger partial charge on any atom is 0.253 e. The Balaban J connectivity index is 2.21. The number of nitrogens with zero attached hydrogens (tertiary/aromatic N) is 2. The number of carbonyl (C=O) groups excluding carboxylic acids is 1. The van der Waals surface area contributed by atoms with E-state index in [1.54, 1.807) is 43.3 Å². The first-order valence-electron chi connectivity index (χ1n) is 6.94. The standard InChI is InChI=1S/C18H18N2O2/c1-13-7-8-17(22-3)16(9-13)12-20(2)18(21)15-6-4-5-14(10-15)11-19/h4-10H,12H2,1-3H3. The van der Waals surface area contributed by atoms with Crippen molar-refractivity contribution in [1.29, 1.82) is 5.26 Å². The molecule has 0 saturated heterocycles. The summed E-state index contributed by atoms with van der Waals surface area (Å²) in [6.07, 6.45) is 0. The highest BCUT2D eigenvalue weighted by Crippen LogP contribution is 2.21. The van der Waals surface area contributed by atoms with E-state index in [0.717, 1.165) is 16.9 Å². The summed E-state index contributed by atoms with van der Waals surface area (Å²) in [6.45, 7) is 2.45. The lowest BCUT2D eigenvalue weighted by Gasteiger charge is -2.19. The number of hydrogen-bond donors (Lipinski definition) is 0. The summed E-state index contributed by atoms with van der Waals surface area (Å²) in [7, 11) is 3.36. The van der Waals surface area contributed by atoms with E-state index in [1.807, 2.05) is 31.2 Å². The number of benzene rings is 2. The number of rotatable bonds is 4. The van der Waals surface area contributed by atoms with Gasteiger partial charge in [-0.15, -0.1) is 0 Å². The molecule has 4 heteroatoms. The average Bonchev–Trinajstić information content (AvgIpc) is 2.54. The van der Waals surface area contributed by atoms with Gasteiger partial charge in [-0.1, -0.05) is 23.8 Å². The molecule has 0 heterocycles. The van der Waals surface area contributed by atoms with Crippen molar-refractivity contribution < 1.29 is 9.53 Å². The van der Waals surface area contributed by atoms with E-state index in [9.17, 15) is 4.79 Å². The predicted molar refractivity (Wildman–Crippen MR) is 84.7 cm³/mol. The van der Waals surface area contributed by atoms with E-state index in [4.69, 9.17) is 10.00 Å². The van der Waals surface area contributed by atoms with Gasteiger partial charge in [0.1, 0.15) is 5.75 Å². The summed E-state index contributed by atoms with van der Waals surface area (Å²) in [5.41, 5.74) is 3.05. The van der Waals surface area contributed by atoms with Gasteiger partial charge in [-0.3, -0.25) is 4.79 Å². The molecule has 0 bridgehead atoms. The van der Waals surface area contributed by atoms with Crippen LogP contribution in [0, 0.1) is 18.3 Å². The summed E-state index contributed by atoms with van der Waals surface area (Å²) in [6, 6.07) is 14.6. The number of hydrogen-bond acceptors (Lipinski definition) is 3. The molecular formula is C18H18N2O2. The van der Waals surface area contributed by atoms with Crippen LogP contribution in [0.3, 0.4) is 0 Å². The van der Waals surface area contributed by atoms with E-state index >= 15 is 0 Å². The first-order valence-corrected chi connectivity index (χ1v) is 6.94. The lowest BCUT2D eigenvalue weighted by Crippen LogP contribution is -2.26. The predicted octanol–water partition coefficient (Wildman–Crippen LogP) is 3.15. The normalized spacial score (nSPS) is 9.91. The second-order valence-corrected chi connectivity index (χ2v) is 5.17. The number of ether oxygens (including phenoxy) is 1. The van der Waals surface area contributed by atoms with Crippen LogP contribution in [-0.4, -0.2) is 25.0 Å². The van der Waals surface area contributed by atoms with Gasteiger partial charge < -0.3 is 9.64 Å². The van der Waals surface area contributed by atoms with Gasteiger partial charge >= 0.3 is 0 Å². The monoisotopic (exact) mass is 294 g/mol. The van der Waals surface area contributed by atoms with Crippen molar-refractivity contribution in [1.82, 2.24) is 4.90 Å². The molecule has 0 N–H and O–H groups in total. The molecule has 2 rings (SSSR count). The molecule has 1 amide bonds. The second kappa shape index (κ2) is 6.77. The maximum absolute atomic E-state index is 12.5. The molecule has 0 aromatic heterocycles. The van der Waals surface area contributed by atoms with Gasteiger partial charge in [-0.2, -0.15) is 5.26 Å². The van der Waals surface area contributed by atoms with Crippen LogP contribution in [0.1, 0.15) is 27.0 Å². The summed E-state index contributed by atoms with van der Waals surface area (Å²) >= 11 is 0. The minimum absolute atomic E-state index is 0.124. The van der Waals surface area contributed by atoms with E-state index < -0.39 is 0 Å². The molecule has 0 radical (unpaired) electrons. The molecule has 112 valence electrons. The van der Waals surface area contributed by atoms with Crippen molar-refractivity contribution in [3.63, 3.8) is 0 Å². The van der Waals surface area contributed by atoms with Crippen molar-refractivity contribution in [2.24, 2.45) is 0 Å². The fourth-order valence-electron chi connectivity index (χ4n) is 2.30. The van der Waals surface area contributed by atoms with E-state index in [0.29, 0.717) is 17.7 Å². The van der Waals surface area contributed by atoms with Gasteiger partial charge in [-0.25, -0.2) is 0 Å². The molecule has 0 saturated carbocycles. The first-order chi connectivity index (χ1) is 10.5. The van der Waals surface area contributed by atoms with Gasteiger partial charge in [0, 0.05) is 24.7 Å². The molecule has 22 heavy (non-hydrogen) atoms. The lowest BCUT2D eigenvalue weighted by atomic mass is 10.1. The fraction of sp³-hybridized carbons (Fsp3) is 0.222. The Kier molecular flexibility index (Phi) is 4.80. The Bertz CT molecular complexity index is 732. The molecule has 0 unspecified atom stereocenters. The highest BCUT2D eigenvalue weighted by atomic mass is 16.5. The Hall–Kier alpha value is -2.80. The Morgan fingerprint density at radius 1 is 1.27 bits per heavy atom. The first kappa shape index (κ1) is 15.6. The Labute approximate surface area is 130 Å². The third kappa shape index (κ3) is 3.44. The largest absolute Gasteiger partial charge is 0.496 e. The van der Waals surface area contributed by atoms with Gasteiger partial charge in [-0.05, 0) is 31.2 Å². The zero-order valence-electron chi connectivity index (χ0n) is 13.0. The minimum Gasteiger partial charge on any atom is -0.496 e. The molecule has 0 fully saturated rings. The number of methoxy groups -OCH3 is 1. The van der Waals surface area contributed by atoms with Gasteiger partial charge in [0.15, 0.2) is 0 Å². The summed E-state index contributed by atoms with van der Waals surface area (Å²) in [5.74, 6) is 0.636. The van der Waals surface area contributed by atoms with Crippen LogP contribution in [0.5, 0.6) is 5.75 Å². The molecule has 2 aromatic carbocycles. The van der Waals surface area contributed by atoms with Crippen LogP contribution in [0.4, 0.5) is 0 Å². The number of carbonyl (C=O) groups is 1. The maximum atomic E-state index is 12.5. The summed E-state index contributed by atoms with van der Waals surface area (Å²) in [4.78, 5) is 14.1. The van der Waals surface area contributed by atoms with Gasteiger partial charge in [0.25, 0.3) is 5.91 Å². The number of nitriles is 1. The van der Waals surface area contributed by atoms with Crippen molar-refractivity contribution in [3.05, 3.63) is 64.7 Å². The zero-order valence-corrected chi connectivity index (χ0v) is 13.0. The van der Waals surface area contributed by atoms with E-state index in [1.165, 1.54) is 0 Å².